The molecule has 0 saturated carbocycles. The summed E-state index contributed by atoms with van der Waals surface area (Å²) >= 11 is 7.97. The van der Waals surface area contributed by atoms with Crippen LogP contribution in [0.2, 0.25) is 0 Å². The van der Waals surface area contributed by atoms with Gasteiger partial charge in [-0.3, -0.25) is 10.1 Å². The molecule has 2 rings (SSSR count). The van der Waals surface area contributed by atoms with Crippen LogP contribution in [0.4, 0.5) is 4.79 Å². The Kier molecular flexibility index (Phi) is 5.91. The van der Waals surface area contributed by atoms with Crippen LogP contribution < -0.4 is 10.6 Å². The second-order valence-electron chi connectivity index (χ2n) is 4.66. The van der Waals surface area contributed by atoms with E-state index in [9.17, 15) is 9.59 Å². The van der Waals surface area contributed by atoms with Gasteiger partial charge in [-0.15, -0.1) is 5.10 Å². The zero-order valence-electron chi connectivity index (χ0n) is 12.8. The highest BCUT2D eigenvalue weighted by Gasteiger charge is 2.19. The number of amides is 3. The predicted octanol–water partition coefficient (Wildman–Crippen LogP) is 2.91. The van der Waals surface area contributed by atoms with Crippen molar-refractivity contribution in [3.8, 4) is 5.69 Å². The van der Waals surface area contributed by atoms with E-state index < -0.39 is 11.3 Å². The Labute approximate surface area is 147 Å². The molecule has 0 aliphatic rings. The van der Waals surface area contributed by atoms with Crippen LogP contribution in [0, 0.1) is 10.9 Å². The second-order valence-corrected chi connectivity index (χ2v) is 7.87. The van der Waals surface area contributed by atoms with Gasteiger partial charge < -0.3 is 5.32 Å². The molecule has 6 nitrogen and oxygen atoms in total. The number of urea groups is 1. The molecule has 1 aromatic carbocycles. The number of thioether (sulfide) groups is 1. The van der Waals surface area contributed by atoms with Gasteiger partial charge in [0.2, 0.25) is 5.91 Å². The molecule has 9 heteroatoms. The number of carbonyl (C=O) groups excluding carboxylic acids is 2. The van der Waals surface area contributed by atoms with Crippen molar-refractivity contribution < 1.29 is 9.59 Å². The Hall–Kier alpha value is -1.71. The maximum atomic E-state index is 11.9. The van der Waals surface area contributed by atoms with Gasteiger partial charge in [-0.25, -0.2) is 9.48 Å². The lowest BCUT2D eigenvalue weighted by molar-refractivity contribution is -0.119. The fourth-order valence-electron chi connectivity index (χ4n) is 1.74. The van der Waals surface area contributed by atoms with Crippen LogP contribution in [0.15, 0.2) is 28.6 Å². The van der Waals surface area contributed by atoms with Crippen LogP contribution in [0.1, 0.15) is 12.5 Å². The summed E-state index contributed by atoms with van der Waals surface area (Å²) in [5, 5.41) is 8.60. The molecule has 2 N–H and O–H groups in total. The minimum absolute atomic E-state index is 0.377. The number of nitrogens with zero attached hydrogens (tertiary/aromatic N) is 2. The lowest BCUT2D eigenvalue weighted by Crippen LogP contribution is -2.41. The predicted molar refractivity (Wildman–Crippen MR) is 94.9 cm³/mol. The smallest absolute Gasteiger partial charge is 0.321 e. The molecule has 2 aromatic rings. The highest BCUT2D eigenvalue weighted by atomic mass is 32.2. The number of carbonyl (C=O) groups is 2. The summed E-state index contributed by atoms with van der Waals surface area (Å²) in [6.45, 7) is 3.70. The number of nitrogens with one attached hydrogen (secondary N) is 2. The van der Waals surface area contributed by atoms with E-state index >= 15 is 0 Å². The van der Waals surface area contributed by atoms with Gasteiger partial charge >= 0.3 is 6.03 Å². The highest BCUT2D eigenvalue weighted by Crippen LogP contribution is 2.28. The minimum Gasteiger partial charge on any atom is -0.341 e. The number of rotatable bonds is 4. The highest BCUT2D eigenvalue weighted by molar-refractivity contribution is 8.02. The van der Waals surface area contributed by atoms with E-state index in [0.717, 1.165) is 11.3 Å². The molecular weight excluding hydrogens is 352 g/mol. The first-order valence-corrected chi connectivity index (χ1v) is 8.88. The fourth-order valence-corrected chi connectivity index (χ4v) is 4.23. The summed E-state index contributed by atoms with van der Waals surface area (Å²) in [5.74, 6) is -0.377. The monoisotopic (exact) mass is 368 g/mol. The van der Waals surface area contributed by atoms with Crippen molar-refractivity contribution in [2.75, 3.05) is 7.05 Å². The van der Waals surface area contributed by atoms with E-state index in [4.69, 9.17) is 12.2 Å². The number of imide groups is 1. The maximum Gasteiger partial charge on any atom is 0.321 e. The Balaban J connectivity index is 2.16. The first-order chi connectivity index (χ1) is 10.9. The molecule has 23 heavy (non-hydrogen) atoms. The van der Waals surface area contributed by atoms with E-state index in [1.165, 1.54) is 30.1 Å². The quantitative estimate of drug-likeness (QED) is 0.641. The van der Waals surface area contributed by atoms with Crippen LogP contribution in [0.25, 0.3) is 5.69 Å². The number of hydrogen-bond acceptors (Lipinski definition) is 6. The molecule has 0 unspecified atom stereocenters. The van der Waals surface area contributed by atoms with Crippen molar-refractivity contribution in [2.45, 2.75) is 23.4 Å². The molecule has 0 bridgehead atoms. The maximum absolute atomic E-state index is 11.9. The summed E-state index contributed by atoms with van der Waals surface area (Å²) in [6, 6.07) is 7.29. The standard InChI is InChI=1S/C14H16N4O2S3/c1-8-6-4-5-7-10(8)18-14(21)23-13(17-18)22-9(2)11(19)16-12(20)15-3/h4-7,9H,1-3H3,(H2,15,16,19,20)/t9-/m0/s1. The third-order valence-corrected chi connectivity index (χ3v) is 5.40. The first-order valence-electron chi connectivity index (χ1n) is 6.77. The van der Waals surface area contributed by atoms with Crippen LogP contribution in [0.3, 0.4) is 0 Å². The molecule has 3 amide bonds. The van der Waals surface area contributed by atoms with E-state index in [1.54, 1.807) is 11.6 Å². The van der Waals surface area contributed by atoms with Crippen LogP contribution in [0.5, 0.6) is 0 Å². The average molecular weight is 369 g/mol. The van der Waals surface area contributed by atoms with Gasteiger partial charge in [0.15, 0.2) is 8.29 Å². The van der Waals surface area contributed by atoms with Crippen LogP contribution in [-0.2, 0) is 4.79 Å². The summed E-state index contributed by atoms with van der Waals surface area (Å²) in [4.78, 5) is 23.1. The first kappa shape index (κ1) is 17.6. The van der Waals surface area contributed by atoms with Crippen LogP contribution >= 0.6 is 35.3 Å². The zero-order chi connectivity index (χ0) is 17.0. The molecule has 0 spiro atoms. The lowest BCUT2D eigenvalue weighted by atomic mass is 10.2. The van der Waals surface area contributed by atoms with Crippen molar-refractivity contribution in [1.29, 1.82) is 0 Å². The molecule has 0 aliphatic heterocycles. The van der Waals surface area contributed by atoms with E-state index in [1.807, 2.05) is 31.2 Å². The summed E-state index contributed by atoms with van der Waals surface area (Å²) in [6.07, 6.45) is 0. The van der Waals surface area contributed by atoms with Crippen LogP contribution in [-0.4, -0.2) is 34.0 Å². The normalized spacial score (nSPS) is 11.8. The van der Waals surface area contributed by atoms with E-state index in [2.05, 4.69) is 15.7 Å². The number of aryl methyl sites for hydroxylation is 1. The molecule has 0 fully saturated rings. The molecule has 0 aliphatic carbocycles. The van der Waals surface area contributed by atoms with Gasteiger partial charge in [0.1, 0.15) is 0 Å². The Morgan fingerprint density at radius 3 is 2.74 bits per heavy atom. The minimum atomic E-state index is -0.527. The summed E-state index contributed by atoms with van der Waals surface area (Å²) < 4.78 is 2.99. The van der Waals surface area contributed by atoms with Crippen molar-refractivity contribution in [2.24, 2.45) is 0 Å². The number of hydrogen-bond donors (Lipinski definition) is 2. The Bertz CT molecular complexity index is 784. The van der Waals surface area contributed by atoms with Gasteiger partial charge in [0.05, 0.1) is 10.9 Å². The Morgan fingerprint density at radius 1 is 1.39 bits per heavy atom. The second kappa shape index (κ2) is 7.71. The number of benzene rings is 1. The molecule has 1 aromatic heterocycles. The van der Waals surface area contributed by atoms with Gasteiger partial charge in [-0.2, -0.15) is 0 Å². The van der Waals surface area contributed by atoms with Crippen molar-refractivity contribution in [3.05, 3.63) is 33.8 Å². The van der Waals surface area contributed by atoms with Gasteiger partial charge in [0, 0.05) is 7.05 Å². The summed E-state index contributed by atoms with van der Waals surface area (Å²) in [7, 11) is 1.45. The number of aromatic nitrogens is 2. The van der Waals surface area contributed by atoms with Gasteiger partial charge in [0.25, 0.3) is 0 Å². The van der Waals surface area contributed by atoms with Gasteiger partial charge in [-0.05, 0) is 37.7 Å². The van der Waals surface area contributed by atoms with Crippen molar-refractivity contribution >= 4 is 47.3 Å². The van der Waals surface area contributed by atoms with E-state index in [0.29, 0.717) is 8.29 Å². The average Bonchev–Trinajstić information content (AvgIpc) is 2.87. The largest absolute Gasteiger partial charge is 0.341 e. The third kappa shape index (κ3) is 4.40. The SMILES string of the molecule is CNC(=O)NC(=O)[C@H](C)Sc1nn(-c2ccccc2C)c(=S)s1. The topological polar surface area (TPSA) is 76.0 Å². The number of para-hydroxylation sites is 1. The van der Waals surface area contributed by atoms with Crippen molar-refractivity contribution in [3.63, 3.8) is 0 Å². The molecule has 0 saturated heterocycles. The lowest BCUT2D eigenvalue weighted by Gasteiger charge is -2.08. The molecular formula is C14H16N4O2S3. The zero-order valence-corrected chi connectivity index (χ0v) is 15.3. The van der Waals surface area contributed by atoms with Crippen molar-refractivity contribution in [1.82, 2.24) is 20.4 Å². The third-order valence-electron chi connectivity index (χ3n) is 2.98. The molecule has 122 valence electrons. The molecule has 1 heterocycles. The molecule has 1 atom stereocenters. The molecule has 0 radical (unpaired) electrons. The van der Waals surface area contributed by atoms with E-state index in [-0.39, 0.29) is 5.91 Å². The van der Waals surface area contributed by atoms with Gasteiger partial charge in [-0.1, -0.05) is 41.3 Å². The Morgan fingerprint density at radius 2 is 2.09 bits per heavy atom. The fraction of sp³-hybridized carbons (Fsp3) is 0.286. The summed E-state index contributed by atoms with van der Waals surface area (Å²) in [5.41, 5.74) is 1.99.